The molecule has 0 aromatic rings. The van der Waals surface area contributed by atoms with E-state index in [9.17, 15) is 4.79 Å². The van der Waals surface area contributed by atoms with Crippen molar-refractivity contribution in [3.63, 3.8) is 0 Å². The zero-order chi connectivity index (χ0) is 15.3. The summed E-state index contributed by atoms with van der Waals surface area (Å²) >= 11 is 0. The number of nitrogens with one attached hydrogen (secondary N) is 3. The third-order valence-electron chi connectivity index (χ3n) is 3.66. The Labute approximate surface area is 151 Å². The van der Waals surface area contributed by atoms with Gasteiger partial charge in [0.1, 0.15) is 0 Å². The Bertz CT molecular complexity index is 321. The summed E-state index contributed by atoms with van der Waals surface area (Å²) in [7, 11) is 3.42. The van der Waals surface area contributed by atoms with Crippen molar-refractivity contribution in [2.45, 2.75) is 51.0 Å². The molecule has 1 aliphatic rings. The Balaban J connectivity index is 0.00000441. The van der Waals surface area contributed by atoms with Crippen LogP contribution in [0.3, 0.4) is 0 Å². The summed E-state index contributed by atoms with van der Waals surface area (Å²) in [6.45, 7) is 2.14. The number of rotatable bonds is 8. The summed E-state index contributed by atoms with van der Waals surface area (Å²) < 4.78 is 4.99. The Hall–Kier alpha value is -0.570. The van der Waals surface area contributed by atoms with Crippen LogP contribution in [0.2, 0.25) is 0 Å². The highest BCUT2D eigenvalue weighted by atomic mass is 127. The van der Waals surface area contributed by atoms with E-state index in [1.807, 2.05) is 0 Å². The van der Waals surface area contributed by atoms with Gasteiger partial charge in [-0.1, -0.05) is 19.3 Å². The number of amides is 1. The largest absolute Gasteiger partial charge is 0.385 e. The van der Waals surface area contributed by atoms with Gasteiger partial charge in [-0.3, -0.25) is 9.79 Å². The monoisotopic (exact) mass is 426 g/mol. The molecule has 0 aliphatic heterocycles. The van der Waals surface area contributed by atoms with Gasteiger partial charge in [0, 0.05) is 46.3 Å². The van der Waals surface area contributed by atoms with E-state index in [0.717, 1.165) is 38.4 Å². The molecule has 0 aromatic heterocycles. The average molecular weight is 426 g/mol. The van der Waals surface area contributed by atoms with Gasteiger partial charge in [0.2, 0.25) is 5.91 Å². The Morgan fingerprint density at radius 1 is 1.18 bits per heavy atom. The predicted molar refractivity (Wildman–Crippen MR) is 101 cm³/mol. The van der Waals surface area contributed by atoms with Gasteiger partial charge in [-0.2, -0.15) is 0 Å². The molecule has 0 bridgehead atoms. The molecule has 1 amide bonds. The highest BCUT2D eigenvalue weighted by molar-refractivity contribution is 14.0. The molecule has 0 radical (unpaired) electrons. The van der Waals surface area contributed by atoms with Crippen LogP contribution < -0.4 is 16.0 Å². The van der Waals surface area contributed by atoms with E-state index in [-0.39, 0.29) is 29.9 Å². The molecule has 1 fully saturated rings. The van der Waals surface area contributed by atoms with E-state index in [2.05, 4.69) is 20.9 Å². The topological polar surface area (TPSA) is 74.8 Å². The van der Waals surface area contributed by atoms with Crippen LogP contribution in [-0.2, 0) is 9.53 Å². The second kappa shape index (κ2) is 14.0. The first-order chi connectivity index (χ1) is 10.3. The molecule has 0 atom stereocenters. The lowest BCUT2D eigenvalue weighted by Crippen LogP contribution is -2.41. The maximum atomic E-state index is 11.9. The second-order valence-corrected chi connectivity index (χ2v) is 5.42. The molecule has 130 valence electrons. The number of ether oxygens (including phenoxy) is 1. The summed E-state index contributed by atoms with van der Waals surface area (Å²) in [4.78, 5) is 16.0. The number of hydrogen-bond donors (Lipinski definition) is 3. The van der Waals surface area contributed by atoms with E-state index in [4.69, 9.17) is 4.74 Å². The number of nitrogens with zero attached hydrogens (tertiary/aromatic N) is 1. The van der Waals surface area contributed by atoms with Gasteiger partial charge in [-0.25, -0.2) is 0 Å². The molecule has 7 heteroatoms. The van der Waals surface area contributed by atoms with Crippen molar-refractivity contribution in [2.24, 2.45) is 4.99 Å². The molecule has 0 heterocycles. The molecular weight excluding hydrogens is 395 g/mol. The van der Waals surface area contributed by atoms with E-state index in [1.165, 1.54) is 19.3 Å². The predicted octanol–water partition coefficient (Wildman–Crippen LogP) is 1.64. The van der Waals surface area contributed by atoms with Crippen molar-refractivity contribution in [1.29, 1.82) is 0 Å². The SMILES string of the molecule is CN=C(NCCCOC)NCCC(=O)NC1CCCCC1.I. The summed E-state index contributed by atoms with van der Waals surface area (Å²) in [5.41, 5.74) is 0. The van der Waals surface area contributed by atoms with Gasteiger partial charge in [0.15, 0.2) is 5.96 Å². The van der Waals surface area contributed by atoms with Crippen molar-refractivity contribution in [3.05, 3.63) is 0 Å². The zero-order valence-corrected chi connectivity index (χ0v) is 16.2. The van der Waals surface area contributed by atoms with Crippen LogP contribution in [0.25, 0.3) is 0 Å². The zero-order valence-electron chi connectivity index (χ0n) is 13.8. The molecule has 0 saturated heterocycles. The minimum absolute atomic E-state index is 0. The van der Waals surface area contributed by atoms with Gasteiger partial charge in [0.05, 0.1) is 0 Å². The Morgan fingerprint density at radius 2 is 1.86 bits per heavy atom. The average Bonchev–Trinajstić information content (AvgIpc) is 2.50. The fourth-order valence-electron chi connectivity index (χ4n) is 2.49. The molecule has 0 spiro atoms. The smallest absolute Gasteiger partial charge is 0.221 e. The van der Waals surface area contributed by atoms with Crippen molar-refractivity contribution >= 4 is 35.8 Å². The number of carbonyl (C=O) groups excluding carboxylic acids is 1. The van der Waals surface area contributed by atoms with Crippen molar-refractivity contribution in [1.82, 2.24) is 16.0 Å². The lowest BCUT2D eigenvalue weighted by Gasteiger charge is -2.22. The fraction of sp³-hybridized carbons (Fsp3) is 0.867. The number of halogens is 1. The molecule has 3 N–H and O–H groups in total. The normalized spacial score (nSPS) is 15.8. The maximum absolute atomic E-state index is 11.9. The van der Waals surface area contributed by atoms with Crippen molar-refractivity contribution < 1.29 is 9.53 Å². The summed E-state index contributed by atoms with van der Waals surface area (Å²) in [6, 6.07) is 0.387. The van der Waals surface area contributed by atoms with Crippen LogP contribution >= 0.6 is 24.0 Å². The molecule has 22 heavy (non-hydrogen) atoms. The minimum Gasteiger partial charge on any atom is -0.385 e. The van der Waals surface area contributed by atoms with Crippen LogP contribution in [-0.4, -0.2) is 51.8 Å². The highest BCUT2D eigenvalue weighted by Crippen LogP contribution is 2.17. The maximum Gasteiger partial charge on any atom is 0.221 e. The molecule has 6 nitrogen and oxygen atoms in total. The standard InChI is InChI=1S/C15H30N4O2.HI/c1-16-15(17-10-6-12-21-2)18-11-9-14(20)19-13-7-4-3-5-8-13;/h13H,3-12H2,1-2H3,(H,19,20)(H2,16,17,18);1H. The van der Waals surface area contributed by atoms with Gasteiger partial charge in [0.25, 0.3) is 0 Å². The molecule has 1 rings (SSSR count). The van der Waals surface area contributed by atoms with Gasteiger partial charge in [-0.05, 0) is 19.3 Å². The van der Waals surface area contributed by atoms with Crippen LogP contribution in [0.15, 0.2) is 4.99 Å². The lowest BCUT2D eigenvalue weighted by molar-refractivity contribution is -0.121. The van der Waals surface area contributed by atoms with E-state index < -0.39 is 0 Å². The fourth-order valence-corrected chi connectivity index (χ4v) is 2.49. The van der Waals surface area contributed by atoms with Crippen LogP contribution in [0.1, 0.15) is 44.9 Å². The van der Waals surface area contributed by atoms with Crippen LogP contribution in [0, 0.1) is 0 Å². The van der Waals surface area contributed by atoms with E-state index >= 15 is 0 Å². The summed E-state index contributed by atoms with van der Waals surface area (Å²) in [5.74, 6) is 0.862. The third-order valence-corrected chi connectivity index (χ3v) is 3.66. The molecule has 0 unspecified atom stereocenters. The molecular formula is C15H31IN4O2. The third kappa shape index (κ3) is 10.2. The van der Waals surface area contributed by atoms with Gasteiger partial charge >= 0.3 is 0 Å². The van der Waals surface area contributed by atoms with Crippen LogP contribution in [0.4, 0.5) is 0 Å². The number of carbonyl (C=O) groups is 1. The first-order valence-corrected chi connectivity index (χ1v) is 7.99. The van der Waals surface area contributed by atoms with Gasteiger partial charge < -0.3 is 20.7 Å². The highest BCUT2D eigenvalue weighted by Gasteiger charge is 2.15. The number of aliphatic imine (C=N–C) groups is 1. The molecule has 1 aliphatic carbocycles. The Morgan fingerprint density at radius 3 is 2.50 bits per heavy atom. The number of hydrogen-bond acceptors (Lipinski definition) is 3. The van der Waals surface area contributed by atoms with Crippen molar-refractivity contribution in [2.75, 3.05) is 33.9 Å². The van der Waals surface area contributed by atoms with E-state index in [1.54, 1.807) is 14.2 Å². The minimum atomic E-state index is 0. The van der Waals surface area contributed by atoms with Crippen molar-refractivity contribution in [3.8, 4) is 0 Å². The van der Waals surface area contributed by atoms with Gasteiger partial charge in [-0.15, -0.1) is 24.0 Å². The number of methoxy groups -OCH3 is 1. The second-order valence-electron chi connectivity index (χ2n) is 5.42. The first-order valence-electron chi connectivity index (χ1n) is 7.99. The molecule has 1 saturated carbocycles. The first kappa shape index (κ1) is 21.4. The number of guanidine groups is 1. The molecule has 0 aromatic carbocycles. The van der Waals surface area contributed by atoms with E-state index in [0.29, 0.717) is 19.0 Å². The quantitative estimate of drug-likeness (QED) is 0.239. The summed E-state index contributed by atoms with van der Waals surface area (Å²) in [5, 5.41) is 9.45. The summed E-state index contributed by atoms with van der Waals surface area (Å²) in [6.07, 6.45) is 7.44. The Kier molecular flexibility index (Phi) is 13.7. The van der Waals surface area contributed by atoms with Crippen LogP contribution in [0.5, 0.6) is 0 Å². The lowest BCUT2D eigenvalue weighted by atomic mass is 9.95.